The summed E-state index contributed by atoms with van der Waals surface area (Å²) in [5.74, 6) is 0. The third kappa shape index (κ3) is 1.74. The first-order valence-electron chi connectivity index (χ1n) is 4.74. The minimum absolute atomic E-state index is 0.289. The Labute approximate surface area is 78.8 Å². The van der Waals surface area contributed by atoms with Crippen molar-refractivity contribution in [3.8, 4) is 0 Å². The van der Waals surface area contributed by atoms with Gasteiger partial charge in [-0.1, -0.05) is 30.3 Å². The zero-order valence-electron chi connectivity index (χ0n) is 7.85. The summed E-state index contributed by atoms with van der Waals surface area (Å²) < 4.78 is 0. The van der Waals surface area contributed by atoms with Crippen molar-refractivity contribution < 1.29 is 5.11 Å². The molecular weight excluding hydrogens is 162 g/mol. The highest BCUT2D eigenvalue weighted by Gasteiger charge is 2.37. The Balaban J connectivity index is 2.03. The Morgan fingerprint density at radius 2 is 2.15 bits per heavy atom. The maximum absolute atomic E-state index is 8.93. The smallest absolute Gasteiger partial charge is 0.0599 e. The van der Waals surface area contributed by atoms with Gasteiger partial charge >= 0.3 is 0 Å². The fourth-order valence-corrected chi connectivity index (χ4v) is 1.76. The first kappa shape index (κ1) is 8.73. The first-order valence-corrected chi connectivity index (χ1v) is 4.74. The summed E-state index contributed by atoms with van der Waals surface area (Å²) in [4.78, 5) is 2.30. The number of hydrogen-bond acceptors (Lipinski definition) is 2. The van der Waals surface area contributed by atoms with Crippen molar-refractivity contribution in [1.82, 2.24) is 4.90 Å². The van der Waals surface area contributed by atoms with E-state index >= 15 is 0 Å². The molecule has 0 bridgehead atoms. The van der Waals surface area contributed by atoms with Gasteiger partial charge in [0.2, 0.25) is 0 Å². The highest BCUT2D eigenvalue weighted by Crippen LogP contribution is 2.30. The topological polar surface area (TPSA) is 23.2 Å². The lowest BCUT2D eigenvalue weighted by atomic mass is 10.1. The summed E-state index contributed by atoms with van der Waals surface area (Å²) >= 11 is 0. The predicted octanol–water partition coefficient (Wildman–Crippen LogP) is 1.42. The molecule has 1 aromatic carbocycles. The van der Waals surface area contributed by atoms with E-state index in [2.05, 4.69) is 36.1 Å². The lowest BCUT2D eigenvalue weighted by Crippen LogP contribution is -2.10. The standard InChI is InChI=1S/C11H15NO/c1-9(12-7-11(12)8-13)10-5-3-2-4-6-10/h2-6,9,11,13H,7-8H2,1H3/t9-,11+,12?/m0/s1. The molecule has 1 aromatic rings. The van der Waals surface area contributed by atoms with Crippen LogP contribution < -0.4 is 0 Å². The number of aliphatic hydroxyl groups is 1. The van der Waals surface area contributed by atoms with Gasteiger partial charge in [0.1, 0.15) is 0 Å². The van der Waals surface area contributed by atoms with Gasteiger partial charge in [-0.05, 0) is 12.5 Å². The predicted molar refractivity (Wildman–Crippen MR) is 52.4 cm³/mol. The molecule has 2 heteroatoms. The molecule has 1 aliphatic rings. The molecule has 0 radical (unpaired) electrons. The molecule has 3 atom stereocenters. The number of rotatable bonds is 3. The van der Waals surface area contributed by atoms with Crippen molar-refractivity contribution in [2.45, 2.75) is 19.0 Å². The van der Waals surface area contributed by atoms with Crippen LogP contribution in [-0.4, -0.2) is 29.2 Å². The number of nitrogens with zero attached hydrogens (tertiary/aromatic N) is 1. The molecule has 0 aromatic heterocycles. The van der Waals surface area contributed by atoms with Crippen molar-refractivity contribution in [3.05, 3.63) is 35.9 Å². The van der Waals surface area contributed by atoms with Crippen LogP contribution >= 0.6 is 0 Å². The highest BCUT2D eigenvalue weighted by molar-refractivity contribution is 5.20. The van der Waals surface area contributed by atoms with Gasteiger partial charge in [-0.2, -0.15) is 0 Å². The van der Waals surface area contributed by atoms with Gasteiger partial charge in [0, 0.05) is 18.6 Å². The van der Waals surface area contributed by atoms with Crippen LogP contribution in [0, 0.1) is 0 Å². The third-order valence-corrected chi connectivity index (χ3v) is 2.75. The molecular formula is C11H15NO. The van der Waals surface area contributed by atoms with Crippen LogP contribution in [0.2, 0.25) is 0 Å². The van der Waals surface area contributed by atoms with Crippen molar-refractivity contribution in [1.29, 1.82) is 0 Å². The quantitative estimate of drug-likeness (QED) is 0.706. The van der Waals surface area contributed by atoms with Gasteiger partial charge in [-0.3, -0.25) is 4.90 Å². The molecule has 70 valence electrons. The molecule has 1 N–H and O–H groups in total. The molecule has 1 heterocycles. The van der Waals surface area contributed by atoms with Gasteiger partial charge in [-0.25, -0.2) is 0 Å². The van der Waals surface area contributed by atoms with Crippen LogP contribution in [0.4, 0.5) is 0 Å². The average molecular weight is 177 g/mol. The summed E-state index contributed by atoms with van der Waals surface area (Å²) in [5, 5.41) is 8.93. The summed E-state index contributed by atoms with van der Waals surface area (Å²) in [5.41, 5.74) is 1.33. The monoisotopic (exact) mass is 177 g/mol. The average Bonchev–Trinajstić information content (AvgIpc) is 2.97. The van der Waals surface area contributed by atoms with Gasteiger partial charge in [-0.15, -0.1) is 0 Å². The van der Waals surface area contributed by atoms with Gasteiger partial charge in [0.05, 0.1) is 6.61 Å². The molecule has 0 amide bonds. The zero-order chi connectivity index (χ0) is 9.26. The molecule has 0 saturated carbocycles. The van der Waals surface area contributed by atoms with Crippen LogP contribution in [0.3, 0.4) is 0 Å². The summed E-state index contributed by atoms with van der Waals surface area (Å²) in [6, 6.07) is 11.3. The van der Waals surface area contributed by atoms with Crippen LogP contribution in [0.25, 0.3) is 0 Å². The number of benzene rings is 1. The van der Waals surface area contributed by atoms with E-state index in [0.29, 0.717) is 12.1 Å². The minimum Gasteiger partial charge on any atom is -0.395 e. The van der Waals surface area contributed by atoms with Crippen molar-refractivity contribution in [3.63, 3.8) is 0 Å². The molecule has 1 saturated heterocycles. The van der Waals surface area contributed by atoms with Crippen LogP contribution in [0.5, 0.6) is 0 Å². The summed E-state index contributed by atoms with van der Waals surface area (Å²) in [6.45, 7) is 3.51. The Bertz CT molecular complexity index is 273. The zero-order valence-corrected chi connectivity index (χ0v) is 7.85. The van der Waals surface area contributed by atoms with E-state index in [4.69, 9.17) is 5.11 Å². The molecule has 1 fully saturated rings. The van der Waals surface area contributed by atoms with Crippen LogP contribution in [-0.2, 0) is 0 Å². The molecule has 13 heavy (non-hydrogen) atoms. The van der Waals surface area contributed by atoms with E-state index in [0.717, 1.165) is 6.54 Å². The maximum atomic E-state index is 8.93. The van der Waals surface area contributed by atoms with Crippen molar-refractivity contribution in [2.24, 2.45) is 0 Å². The Morgan fingerprint density at radius 3 is 2.69 bits per heavy atom. The Kier molecular flexibility index (Phi) is 2.34. The van der Waals surface area contributed by atoms with E-state index < -0.39 is 0 Å². The molecule has 0 aliphatic carbocycles. The summed E-state index contributed by atoms with van der Waals surface area (Å²) in [6.07, 6.45) is 0. The number of hydrogen-bond donors (Lipinski definition) is 1. The molecule has 0 spiro atoms. The Morgan fingerprint density at radius 1 is 1.46 bits per heavy atom. The Hall–Kier alpha value is -0.860. The molecule has 2 rings (SSSR count). The summed E-state index contributed by atoms with van der Waals surface area (Å²) in [7, 11) is 0. The normalized spacial score (nSPS) is 28.5. The largest absolute Gasteiger partial charge is 0.395 e. The maximum Gasteiger partial charge on any atom is 0.0599 e. The lowest BCUT2D eigenvalue weighted by molar-refractivity contribution is 0.259. The molecule has 1 aliphatic heterocycles. The van der Waals surface area contributed by atoms with Crippen molar-refractivity contribution >= 4 is 0 Å². The van der Waals surface area contributed by atoms with Crippen LogP contribution in [0.1, 0.15) is 18.5 Å². The van der Waals surface area contributed by atoms with E-state index in [9.17, 15) is 0 Å². The third-order valence-electron chi connectivity index (χ3n) is 2.75. The van der Waals surface area contributed by atoms with E-state index in [-0.39, 0.29) is 6.61 Å². The van der Waals surface area contributed by atoms with Crippen molar-refractivity contribution in [2.75, 3.05) is 13.2 Å². The highest BCUT2D eigenvalue weighted by atomic mass is 16.3. The van der Waals surface area contributed by atoms with Gasteiger partial charge < -0.3 is 5.11 Å². The molecule has 1 unspecified atom stereocenters. The SMILES string of the molecule is C[C@@H](c1ccccc1)N1C[C@@H]1CO. The number of aliphatic hydroxyl groups excluding tert-OH is 1. The van der Waals surface area contributed by atoms with E-state index in [1.807, 2.05) is 6.07 Å². The molecule has 2 nitrogen and oxygen atoms in total. The van der Waals surface area contributed by atoms with E-state index in [1.165, 1.54) is 5.56 Å². The minimum atomic E-state index is 0.289. The second kappa shape index (κ2) is 3.48. The fraction of sp³-hybridized carbons (Fsp3) is 0.455. The second-order valence-electron chi connectivity index (χ2n) is 3.62. The van der Waals surface area contributed by atoms with E-state index in [1.54, 1.807) is 0 Å². The van der Waals surface area contributed by atoms with Gasteiger partial charge in [0.15, 0.2) is 0 Å². The first-order chi connectivity index (χ1) is 6.33. The lowest BCUT2D eigenvalue weighted by Gasteiger charge is -2.13. The fourth-order valence-electron chi connectivity index (χ4n) is 1.76. The van der Waals surface area contributed by atoms with Gasteiger partial charge in [0.25, 0.3) is 0 Å². The second-order valence-corrected chi connectivity index (χ2v) is 3.62. The van der Waals surface area contributed by atoms with Crippen LogP contribution in [0.15, 0.2) is 30.3 Å².